The van der Waals surface area contributed by atoms with E-state index in [1.807, 2.05) is 20.8 Å². The van der Waals surface area contributed by atoms with Gasteiger partial charge in [-0.25, -0.2) is 0 Å². The lowest BCUT2D eigenvalue weighted by atomic mass is 10.1. The molecule has 0 radical (unpaired) electrons. The van der Waals surface area contributed by atoms with Gasteiger partial charge in [-0.2, -0.15) is 0 Å². The number of amidine groups is 1. The molecule has 6 heteroatoms. The molecule has 0 fully saturated rings. The van der Waals surface area contributed by atoms with Gasteiger partial charge in [0.25, 0.3) is 5.91 Å². The number of anilines is 1. The van der Waals surface area contributed by atoms with Crippen LogP contribution in [0, 0.1) is 0 Å². The third-order valence-corrected chi connectivity index (χ3v) is 2.65. The van der Waals surface area contributed by atoms with Gasteiger partial charge in [0.05, 0.1) is 11.3 Å². The van der Waals surface area contributed by atoms with Gasteiger partial charge < -0.3 is 20.6 Å². The van der Waals surface area contributed by atoms with E-state index in [-0.39, 0.29) is 24.0 Å². The molecular weight excluding hydrogens is 258 g/mol. The molecule has 1 aromatic rings. The molecule has 0 unspecified atom stereocenters. The molecule has 6 nitrogen and oxygen atoms in total. The van der Waals surface area contributed by atoms with Gasteiger partial charge in [0, 0.05) is 12.6 Å². The Morgan fingerprint density at radius 1 is 1.40 bits per heavy atom. The van der Waals surface area contributed by atoms with E-state index in [2.05, 4.69) is 5.16 Å². The molecule has 0 aliphatic rings. The van der Waals surface area contributed by atoms with Crippen LogP contribution in [-0.4, -0.2) is 36.2 Å². The fourth-order valence-electron chi connectivity index (χ4n) is 1.55. The number of ether oxygens (including phenoxy) is 1. The van der Waals surface area contributed by atoms with E-state index >= 15 is 0 Å². The molecule has 0 heterocycles. The van der Waals surface area contributed by atoms with Gasteiger partial charge in [-0.05, 0) is 32.9 Å². The number of likely N-dealkylation sites (N-methyl/N-ethyl adjacent to an activating group) is 1. The van der Waals surface area contributed by atoms with Crippen LogP contribution < -0.4 is 10.6 Å². The fourth-order valence-corrected chi connectivity index (χ4v) is 1.55. The van der Waals surface area contributed by atoms with Crippen LogP contribution in [0.4, 0.5) is 5.69 Å². The van der Waals surface area contributed by atoms with Gasteiger partial charge >= 0.3 is 0 Å². The molecule has 1 rings (SSSR count). The first-order chi connectivity index (χ1) is 9.26. The highest BCUT2D eigenvalue weighted by Crippen LogP contribution is 2.19. The van der Waals surface area contributed by atoms with E-state index in [1.54, 1.807) is 31.3 Å². The zero-order valence-corrected chi connectivity index (χ0v) is 12.3. The van der Waals surface area contributed by atoms with Crippen molar-refractivity contribution < 1.29 is 14.7 Å². The van der Waals surface area contributed by atoms with Gasteiger partial charge in [0.1, 0.15) is 6.61 Å². The number of hydrogen-bond donors (Lipinski definition) is 2. The van der Waals surface area contributed by atoms with Crippen LogP contribution in [0.15, 0.2) is 29.4 Å². The predicted molar refractivity (Wildman–Crippen MR) is 78.1 cm³/mol. The summed E-state index contributed by atoms with van der Waals surface area (Å²) in [6, 6.07) is 6.93. The molecule has 0 spiro atoms. The van der Waals surface area contributed by atoms with Crippen molar-refractivity contribution in [1.82, 2.24) is 0 Å². The first-order valence-electron chi connectivity index (χ1n) is 6.23. The summed E-state index contributed by atoms with van der Waals surface area (Å²) >= 11 is 0. The van der Waals surface area contributed by atoms with Gasteiger partial charge in [-0.1, -0.05) is 17.3 Å². The molecular formula is C14H21N3O3. The second-order valence-corrected chi connectivity index (χ2v) is 5.36. The van der Waals surface area contributed by atoms with E-state index in [0.717, 1.165) is 0 Å². The number of nitrogens with two attached hydrogens (primary N) is 1. The summed E-state index contributed by atoms with van der Waals surface area (Å²) in [5, 5.41) is 11.7. The van der Waals surface area contributed by atoms with E-state index in [0.29, 0.717) is 11.3 Å². The Kier molecular flexibility index (Phi) is 5.10. The van der Waals surface area contributed by atoms with Crippen molar-refractivity contribution in [1.29, 1.82) is 0 Å². The van der Waals surface area contributed by atoms with Crippen LogP contribution in [0.5, 0.6) is 0 Å². The lowest BCUT2D eigenvalue weighted by Gasteiger charge is -2.24. The molecule has 0 aromatic heterocycles. The molecule has 0 aliphatic carbocycles. The Bertz CT molecular complexity index is 507. The number of para-hydroxylation sites is 1. The van der Waals surface area contributed by atoms with Gasteiger partial charge in [0.2, 0.25) is 0 Å². The summed E-state index contributed by atoms with van der Waals surface area (Å²) in [6.07, 6.45) is 0. The van der Waals surface area contributed by atoms with Gasteiger partial charge in [-0.3, -0.25) is 4.79 Å². The summed E-state index contributed by atoms with van der Waals surface area (Å²) < 4.78 is 5.46. The smallest absolute Gasteiger partial charge is 0.252 e. The van der Waals surface area contributed by atoms with Crippen LogP contribution in [0.2, 0.25) is 0 Å². The maximum atomic E-state index is 12.1. The Hall–Kier alpha value is -2.08. The number of rotatable bonds is 4. The maximum Gasteiger partial charge on any atom is 0.252 e. The number of benzene rings is 1. The van der Waals surface area contributed by atoms with Crippen LogP contribution in [-0.2, 0) is 9.53 Å². The summed E-state index contributed by atoms with van der Waals surface area (Å²) in [6.45, 7) is 5.60. The summed E-state index contributed by atoms with van der Waals surface area (Å²) in [4.78, 5) is 13.5. The second kappa shape index (κ2) is 6.38. The Balaban J connectivity index is 2.92. The Labute approximate surface area is 118 Å². The molecule has 0 aliphatic heterocycles. The molecule has 0 saturated carbocycles. The molecule has 1 amide bonds. The third kappa shape index (κ3) is 4.24. The Morgan fingerprint density at radius 2 is 2.00 bits per heavy atom. The number of nitrogens with zero attached hydrogens (tertiary/aromatic N) is 2. The minimum atomic E-state index is -0.387. The van der Waals surface area contributed by atoms with Gasteiger partial charge in [0.15, 0.2) is 5.84 Å². The Morgan fingerprint density at radius 3 is 2.55 bits per heavy atom. The standard InChI is InChI=1S/C14H21N3O3/c1-14(2,3)20-9-12(18)17(4)11-8-6-5-7-10(11)13(15)16-19/h5-8,19H,9H2,1-4H3,(H2,15,16). The first kappa shape index (κ1) is 16.0. The topological polar surface area (TPSA) is 88.2 Å². The van der Waals surface area contributed by atoms with Crippen molar-refractivity contribution in [2.24, 2.45) is 10.9 Å². The molecule has 1 aromatic carbocycles. The van der Waals surface area contributed by atoms with E-state index in [1.165, 1.54) is 4.90 Å². The molecule has 3 N–H and O–H groups in total. The van der Waals surface area contributed by atoms with Crippen LogP contribution in [0.1, 0.15) is 26.3 Å². The summed E-state index contributed by atoms with van der Waals surface area (Å²) in [5.41, 5.74) is 6.27. The van der Waals surface area contributed by atoms with E-state index in [9.17, 15) is 4.79 Å². The number of carbonyl (C=O) groups excluding carboxylic acids is 1. The first-order valence-corrected chi connectivity index (χ1v) is 6.23. The fraction of sp³-hybridized carbons (Fsp3) is 0.429. The highest BCUT2D eigenvalue weighted by Gasteiger charge is 2.19. The van der Waals surface area contributed by atoms with E-state index in [4.69, 9.17) is 15.7 Å². The number of oxime groups is 1. The van der Waals surface area contributed by atoms with Crippen LogP contribution in [0.3, 0.4) is 0 Å². The molecule has 0 saturated heterocycles. The summed E-state index contributed by atoms with van der Waals surface area (Å²) in [5.74, 6) is -0.255. The number of amides is 1. The average Bonchev–Trinajstić information content (AvgIpc) is 2.42. The lowest BCUT2D eigenvalue weighted by Crippen LogP contribution is -2.35. The molecule has 0 atom stereocenters. The lowest BCUT2D eigenvalue weighted by molar-refractivity contribution is -0.127. The normalized spacial score (nSPS) is 12.3. The zero-order chi connectivity index (χ0) is 15.3. The summed E-state index contributed by atoms with van der Waals surface area (Å²) in [7, 11) is 1.62. The second-order valence-electron chi connectivity index (χ2n) is 5.36. The molecule has 0 bridgehead atoms. The quantitative estimate of drug-likeness (QED) is 0.379. The highest BCUT2D eigenvalue weighted by atomic mass is 16.5. The van der Waals surface area contributed by atoms with Crippen LogP contribution >= 0.6 is 0 Å². The SMILES string of the molecule is CN(C(=O)COC(C)(C)C)c1ccccc1/C(N)=N/O. The zero-order valence-electron chi connectivity index (χ0n) is 12.3. The van der Waals surface area contributed by atoms with Crippen LogP contribution in [0.25, 0.3) is 0 Å². The van der Waals surface area contributed by atoms with Crippen molar-refractivity contribution in [2.75, 3.05) is 18.6 Å². The third-order valence-electron chi connectivity index (χ3n) is 2.65. The van der Waals surface area contributed by atoms with Crippen molar-refractivity contribution >= 4 is 17.4 Å². The minimum absolute atomic E-state index is 0.0372. The molecule has 110 valence electrons. The number of hydrogen-bond acceptors (Lipinski definition) is 4. The monoisotopic (exact) mass is 279 g/mol. The largest absolute Gasteiger partial charge is 0.409 e. The van der Waals surface area contributed by atoms with Gasteiger partial charge in [-0.15, -0.1) is 0 Å². The van der Waals surface area contributed by atoms with E-state index < -0.39 is 0 Å². The van der Waals surface area contributed by atoms with Crippen molar-refractivity contribution in [3.05, 3.63) is 29.8 Å². The molecule has 20 heavy (non-hydrogen) atoms. The highest BCUT2D eigenvalue weighted by molar-refractivity contribution is 6.06. The van der Waals surface area contributed by atoms with Crippen molar-refractivity contribution in [2.45, 2.75) is 26.4 Å². The van der Waals surface area contributed by atoms with Crippen molar-refractivity contribution in [3.63, 3.8) is 0 Å². The maximum absolute atomic E-state index is 12.1. The average molecular weight is 279 g/mol. The van der Waals surface area contributed by atoms with Crippen molar-refractivity contribution in [3.8, 4) is 0 Å². The predicted octanol–water partition coefficient (Wildman–Crippen LogP) is 1.56. The minimum Gasteiger partial charge on any atom is -0.409 e. The number of carbonyl (C=O) groups is 1.